The number of nitrogens with one attached hydrogen (secondary N) is 1. The maximum Gasteiger partial charge on any atom is 0.348 e. The Kier molecular flexibility index (Phi) is 5.52. The second-order valence-electron chi connectivity index (χ2n) is 5.29. The van der Waals surface area contributed by atoms with E-state index in [-0.39, 0.29) is 34.9 Å². The molecule has 1 aliphatic rings. The Morgan fingerprint density at radius 1 is 1.31 bits per heavy atom. The molecule has 0 atom stereocenters. The van der Waals surface area contributed by atoms with Crippen LogP contribution in [0.5, 0.6) is 0 Å². The standard InChI is InChI=1S/C16H13FN2O5S2/c17-10-2-1-3-11-9(10)6-12(26-11)15(22)24-7-13(20)18-4-5-19-14(21)8-25-16(19)23/h1-3,6H,4-5,7-8H2,(H,18,20). The molecule has 1 N–H and O–H groups in total. The lowest BCUT2D eigenvalue weighted by atomic mass is 10.2. The number of amides is 3. The summed E-state index contributed by atoms with van der Waals surface area (Å²) in [5, 5.41) is 2.45. The highest BCUT2D eigenvalue weighted by Gasteiger charge is 2.29. The number of ether oxygens (including phenoxy) is 1. The number of imide groups is 1. The highest BCUT2D eigenvalue weighted by Crippen LogP contribution is 2.28. The van der Waals surface area contributed by atoms with E-state index in [4.69, 9.17) is 4.74 Å². The zero-order valence-corrected chi connectivity index (χ0v) is 15.0. The number of hydrogen-bond donors (Lipinski definition) is 1. The van der Waals surface area contributed by atoms with Crippen molar-refractivity contribution < 1.29 is 28.3 Å². The first-order valence-corrected chi connectivity index (χ1v) is 9.35. The Hall–Kier alpha value is -2.46. The summed E-state index contributed by atoms with van der Waals surface area (Å²) in [5.74, 6) is -1.89. The molecule has 3 rings (SSSR count). The molecule has 26 heavy (non-hydrogen) atoms. The van der Waals surface area contributed by atoms with Gasteiger partial charge in [0.1, 0.15) is 10.7 Å². The molecule has 1 aliphatic heterocycles. The van der Waals surface area contributed by atoms with Crippen LogP contribution in [0.3, 0.4) is 0 Å². The normalized spacial score (nSPS) is 14.1. The number of thiophene rings is 1. The Morgan fingerprint density at radius 3 is 2.81 bits per heavy atom. The molecular weight excluding hydrogens is 383 g/mol. The Labute approximate surface area is 155 Å². The molecule has 136 valence electrons. The molecule has 1 fully saturated rings. The molecule has 1 saturated heterocycles. The van der Waals surface area contributed by atoms with E-state index in [0.29, 0.717) is 10.1 Å². The van der Waals surface area contributed by atoms with Crippen molar-refractivity contribution >= 4 is 56.2 Å². The molecule has 0 saturated carbocycles. The minimum Gasteiger partial charge on any atom is -0.451 e. The first-order chi connectivity index (χ1) is 12.5. The number of fused-ring (bicyclic) bond motifs is 1. The largest absolute Gasteiger partial charge is 0.451 e. The maximum absolute atomic E-state index is 13.6. The molecule has 10 heteroatoms. The third-order valence-corrected chi connectivity index (χ3v) is 5.48. The van der Waals surface area contributed by atoms with Crippen LogP contribution >= 0.6 is 23.1 Å². The summed E-state index contributed by atoms with van der Waals surface area (Å²) < 4.78 is 19.2. The molecule has 2 heterocycles. The van der Waals surface area contributed by atoms with E-state index < -0.39 is 24.3 Å². The predicted molar refractivity (Wildman–Crippen MR) is 94.6 cm³/mol. The van der Waals surface area contributed by atoms with Crippen molar-refractivity contribution in [1.82, 2.24) is 10.2 Å². The van der Waals surface area contributed by atoms with E-state index in [1.54, 1.807) is 12.1 Å². The number of hydrogen-bond acceptors (Lipinski definition) is 7. The van der Waals surface area contributed by atoms with Crippen molar-refractivity contribution in [3.8, 4) is 0 Å². The first-order valence-electron chi connectivity index (χ1n) is 7.54. The number of carbonyl (C=O) groups excluding carboxylic acids is 4. The topological polar surface area (TPSA) is 92.8 Å². The van der Waals surface area contributed by atoms with Crippen molar-refractivity contribution in [2.24, 2.45) is 0 Å². The summed E-state index contributed by atoms with van der Waals surface area (Å²) in [7, 11) is 0. The van der Waals surface area contributed by atoms with Gasteiger partial charge in [0.05, 0.1) is 5.75 Å². The van der Waals surface area contributed by atoms with Gasteiger partial charge in [0.15, 0.2) is 6.61 Å². The van der Waals surface area contributed by atoms with E-state index in [1.807, 2.05) is 0 Å². The molecular formula is C16H13FN2O5S2. The zero-order valence-electron chi connectivity index (χ0n) is 13.3. The lowest BCUT2D eigenvalue weighted by Gasteiger charge is -2.13. The molecule has 0 spiro atoms. The summed E-state index contributed by atoms with van der Waals surface area (Å²) in [6.07, 6.45) is 0. The highest BCUT2D eigenvalue weighted by molar-refractivity contribution is 8.14. The molecule has 1 aromatic heterocycles. The van der Waals surface area contributed by atoms with Crippen LogP contribution in [0.4, 0.5) is 9.18 Å². The monoisotopic (exact) mass is 396 g/mol. The second-order valence-corrected chi connectivity index (χ2v) is 7.30. The SMILES string of the molecule is O=C(COC(=O)c1cc2c(F)cccc2s1)NCCN1C(=O)CSC1=O. The Morgan fingerprint density at radius 2 is 2.12 bits per heavy atom. The number of esters is 1. The van der Waals surface area contributed by atoms with E-state index in [9.17, 15) is 23.6 Å². The van der Waals surface area contributed by atoms with Gasteiger partial charge in [0, 0.05) is 23.2 Å². The number of carbonyl (C=O) groups is 4. The molecule has 0 radical (unpaired) electrons. The van der Waals surface area contributed by atoms with Crippen LogP contribution in [0, 0.1) is 5.82 Å². The molecule has 0 unspecified atom stereocenters. The van der Waals surface area contributed by atoms with Gasteiger partial charge in [-0.1, -0.05) is 17.8 Å². The van der Waals surface area contributed by atoms with Crippen molar-refractivity contribution in [2.75, 3.05) is 25.4 Å². The van der Waals surface area contributed by atoms with Crippen molar-refractivity contribution in [3.05, 3.63) is 35.0 Å². The lowest BCUT2D eigenvalue weighted by molar-refractivity contribution is -0.126. The van der Waals surface area contributed by atoms with Gasteiger partial charge < -0.3 is 10.1 Å². The molecule has 1 aromatic carbocycles. The van der Waals surface area contributed by atoms with Gasteiger partial charge in [0.25, 0.3) is 11.1 Å². The molecule has 0 bridgehead atoms. The Balaban J connectivity index is 1.46. The van der Waals surface area contributed by atoms with Gasteiger partial charge in [-0.05, 0) is 18.2 Å². The maximum atomic E-state index is 13.6. The highest BCUT2D eigenvalue weighted by atomic mass is 32.2. The van der Waals surface area contributed by atoms with Crippen LogP contribution in [0.15, 0.2) is 24.3 Å². The first kappa shape index (κ1) is 18.3. The predicted octanol–water partition coefficient (Wildman–Crippen LogP) is 2.01. The third-order valence-electron chi connectivity index (χ3n) is 3.54. The number of thioether (sulfide) groups is 1. The van der Waals surface area contributed by atoms with E-state index in [1.165, 1.54) is 12.1 Å². The molecule has 3 amide bonds. The van der Waals surface area contributed by atoms with Crippen LogP contribution in [0.1, 0.15) is 9.67 Å². The summed E-state index contributed by atoms with van der Waals surface area (Å²) >= 11 is 1.99. The van der Waals surface area contributed by atoms with Gasteiger partial charge in [-0.3, -0.25) is 19.3 Å². The quantitative estimate of drug-likeness (QED) is 0.751. The lowest BCUT2D eigenvalue weighted by Crippen LogP contribution is -2.38. The average Bonchev–Trinajstić information content (AvgIpc) is 3.19. The van der Waals surface area contributed by atoms with Gasteiger partial charge in [-0.25, -0.2) is 9.18 Å². The summed E-state index contributed by atoms with van der Waals surface area (Å²) in [6.45, 7) is -0.366. The van der Waals surface area contributed by atoms with Gasteiger partial charge in [-0.2, -0.15) is 0 Å². The molecule has 7 nitrogen and oxygen atoms in total. The van der Waals surface area contributed by atoms with Crippen LogP contribution in [-0.4, -0.2) is 53.4 Å². The zero-order chi connectivity index (χ0) is 18.7. The minimum absolute atomic E-state index is 0.0694. The van der Waals surface area contributed by atoms with E-state index >= 15 is 0 Å². The van der Waals surface area contributed by atoms with Gasteiger partial charge >= 0.3 is 5.97 Å². The second kappa shape index (κ2) is 7.83. The number of rotatable bonds is 6. The number of benzene rings is 1. The number of halogens is 1. The fourth-order valence-electron chi connectivity index (χ4n) is 2.28. The fraction of sp³-hybridized carbons (Fsp3) is 0.250. The fourth-order valence-corrected chi connectivity index (χ4v) is 4.00. The van der Waals surface area contributed by atoms with Crippen molar-refractivity contribution in [3.63, 3.8) is 0 Å². The summed E-state index contributed by atoms with van der Waals surface area (Å²) in [6, 6.07) is 5.92. The molecule has 0 aliphatic carbocycles. The summed E-state index contributed by atoms with van der Waals surface area (Å²) in [5.41, 5.74) is 0. The van der Waals surface area contributed by atoms with Crippen LogP contribution in [0.2, 0.25) is 0 Å². The molecule has 2 aromatic rings. The van der Waals surface area contributed by atoms with Crippen LogP contribution in [-0.2, 0) is 14.3 Å². The van der Waals surface area contributed by atoms with Gasteiger partial charge in [0.2, 0.25) is 5.91 Å². The van der Waals surface area contributed by atoms with Gasteiger partial charge in [-0.15, -0.1) is 11.3 Å². The van der Waals surface area contributed by atoms with E-state index in [0.717, 1.165) is 28.0 Å². The summed E-state index contributed by atoms with van der Waals surface area (Å²) in [4.78, 5) is 47.7. The van der Waals surface area contributed by atoms with Crippen molar-refractivity contribution in [1.29, 1.82) is 0 Å². The smallest absolute Gasteiger partial charge is 0.348 e. The van der Waals surface area contributed by atoms with E-state index in [2.05, 4.69) is 5.32 Å². The van der Waals surface area contributed by atoms with Crippen LogP contribution < -0.4 is 5.32 Å². The van der Waals surface area contributed by atoms with Crippen molar-refractivity contribution in [2.45, 2.75) is 0 Å². The third kappa shape index (κ3) is 4.02. The van der Waals surface area contributed by atoms with Crippen LogP contribution in [0.25, 0.3) is 10.1 Å². The minimum atomic E-state index is -0.720. The average molecular weight is 396 g/mol. The Bertz CT molecular complexity index is 882. The number of nitrogens with zero attached hydrogens (tertiary/aromatic N) is 1.